The minimum atomic E-state index is -0.334. The monoisotopic (exact) mass is 317 g/mol. The molecule has 7 heteroatoms. The van der Waals surface area contributed by atoms with Crippen molar-refractivity contribution in [2.24, 2.45) is 0 Å². The van der Waals surface area contributed by atoms with Gasteiger partial charge in [0.05, 0.1) is 26.7 Å². The molecule has 122 valence electrons. The van der Waals surface area contributed by atoms with E-state index >= 15 is 0 Å². The summed E-state index contributed by atoms with van der Waals surface area (Å²) in [6, 6.07) is 5.82. The maximum Gasteiger partial charge on any atom is 0.227 e. The molecule has 1 aromatic carbocycles. The highest BCUT2D eigenvalue weighted by molar-refractivity contribution is 5.79. The van der Waals surface area contributed by atoms with Crippen molar-refractivity contribution in [1.82, 2.24) is 15.0 Å². The van der Waals surface area contributed by atoms with Gasteiger partial charge in [0.1, 0.15) is 11.9 Å². The number of methoxy groups -OCH3 is 1. The van der Waals surface area contributed by atoms with E-state index in [1.54, 1.807) is 12.0 Å². The second kappa shape index (κ2) is 6.78. The Hall–Kier alpha value is -2.41. The summed E-state index contributed by atoms with van der Waals surface area (Å²) in [6.45, 7) is 3.43. The fraction of sp³-hybridized carbons (Fsp3) is 0.438. The molecule has 3 rings (SSSR count). The van der Waals surface area contributed by atoms with Crippen molar-refractivity contribution < 1.29 is 18.8 Å². The Morgan fingerprint density at radius 3 is 3.09 bits per heavy atom. The Bertz CT molecular complexity index is 672. The molecule has 1 fully saturated rings. The van der Waals surface area contributed by atoms with E-state index in [1.165, 1.54) is 6.39 Å². The number of nitrogens with zero attached hydrogens (tertiary/aromatic N) is 3. The van der Waals surface area contributed by atoms with Gasteiger partial charge in [-0.1, -0.05) is 17.3 Å². The highest BCUT2D eigenvalue weighted by Gasteiger charge is 2.28. The lowest BCUT2D eigenvalue weighted by molar-refractivity contribution is -0.138. The van der Waals surface area contributed by atoms with Crippen molar-refractivity contribution in [3.05, 3.63) is 41.5 Å². The molecule has 0 N–H and O–H groups in total. The molecular weight excluding hydrogens is 298 g/mol. The zero-order valence-electron chi connectivity index (χ0n) is 13.2. The summed E-state index contributed by atoms with van der Waals surface area (Å²) in [5, 5.41) is 3.78. The topological polar surface area (TPSA) is 77.7 Å². The lowest BCUT2D eigenvalue weighted by atomic mass is 10.1. The van der Waals surface area contributed by atoms with E-state index in [0.717, 1.165) is 16.9 Å². The molecule has 0 spiro atoms. The van der Waals surface area contributed by atoms with Crippen LogP contribution in [-0.2, 0) is 16.0 Å². The number of hydrogen-bond acceptors (Lipinski definition) is 6. The maximum atomic E-state index is 12.5. The SMILES string of the molecule is COc1cc(CC(=O)N2CCO[C@H](c3ncon3)C2)ccc1C. The largest absolute Gasteiger partial charge is 0.496 e. The minimum Gasteiger partial charge on any atom is -0.496 e. The average Bonchev–Trinajstić information content (AvgIpc) is 3.11. The zero-order chi connectivity index (χ0) is 16.2. The molecule has 1 aliphatic heterocycles. The quantitative estimate of drug-likeness (QED) is 0.851. The third kappa shape index (κ3) is 3.50. The molecule has 23 heavy (non-hydrogen) atoms. The molecule has 0 aliphatic carbocycles. The summed E-state index contributed by atoms with van der Waals surface area (Å²) < 4.78 is 15.7. The van der Waals surface area contributed by atoms with Gasteiger partial charge in [0.15, 0.2) is 0 Å². The van der Waals surface area contributed by atoms with Crippen molar-refractivity contribution in [2.45, 2.75) is 19.4 Å². The van der Waals surface area contributed by atoms with Gasteiger partial charge in [0, 0.05) is 6.54 Å². The Morgan fingerprint density at radius 1 is 1.48 bits per heavy atom. The third-order valence-electron chi connectivity index (χ3n) is 3.91. The Kier molecular flexibility index (Phi) is 4.57. The van der Waals surface area contributed by atoms with Crippen molar-refractivity contribution in [2.75, 3.05) is 26.8 Å². The number of rotatable bonds is 4. The van der Waals surface area contributed by atoms with Gasteiger partial charge in [-0.2, -0.15) is 4.98 Å². The normalized spacial score (nSPS) is 18.0. The first-order chi connectivity index (χ1) is 11.2. The van der Waals surface area contributed by atoms with Gasteiger partial charge < -0.3 is 18.9 Å². The van der Waals surface area contributed by atoms with Crippen molar-refractivity contribution >= 4 is 5.91 Å². The summed E-state index contributed by atoms with van der Waals surface area (Å²) in [7, 11) is 1.63. The molecule has 1 atom stereocenters. The highest BCUT2D eigenvalue weighted by Crippen LogP contribution is 2.22. The number of carbonyl (C=O) groups excluding carboxylic acids is 1. The van der Waals surface area contributed by atoms with Crippen LogP contribution in [-0.4, -0.2) is 47.8 Å². The van der Waals surface area contributed by atoms with E-state index in [1.807, 2.05) is 25.1 Å². The Morgan fingerprint density at radius 2 is 2.35 bits per heavy atom. The number of benzene rings is 1. The minimum absolute atomic E-state index is 0.0488. The second-order valence-corrected chi connectivity index (χ2v) is 5.47. The number of aromatic nitrogens is 2. The highest BCUT2D eigenvalue weighted by atomic mass is 16.5. The number of amides is 1. The van der Waals surface area contributed by atoms with Crippen molar-refractivity contribution in [3.63, 3.8) is 0 Å². The summed E-state index contributed by atoms with van der Waals surface area (Å²) in [5.74, 6) is 1.31. The predicted octanol–water partition coefficient (Wildman–Crippen LogP) is 1.53. The molecule has 1 amide bonds. The second-order valence-electron chi connectivity index (χ2n) is 5.47. The number of morpholine rings is 1. The molecular formula is C16H19N3O4. The van der Waals surface area contributed by atoms with E-state index in [2.05, 4.69) is 10.1 Å². The van der Waals surface area contributed by atoms with E-state index in [4.69, 9.17) is 14.0 Å². The third-order valence-corrected chi connectivity index (χ3v) is 3.91. The van der Waals surface area contributed by atoms with E-state index in [0.29, 0.717) is 31.9 Å². The predicted molar refractivity (Wildman–Crippen MR) is 81.0 cm³/mol. The standard InChI is InChI=1S/C16H19N3O4/c1-11-3-4-12(7-13(11)21-2)8-15(20)19-5-6-22-14(9-19)16-17-10-23-18-16/h3-4,7,10,14H,5-6,8-9H2,1-2H3/t14-/m0/s1. The number of ether oxygens (including phenoxy) is 2. The van der Waals surface area contributed by atoms with Crippen LogP contribution in [0, 0.1) is 6.92 Å². The molecule has 0 bridgehead atoms. The smallest absolute Gasteiger partial charge is 0.227 e. The first kappa shape index (κ1) is 15.5. The Balaban J connectivity index is 1.66. The van der Waals surface area contributed by atoms with Crippen LogP contribution < -0.4 is 4.74 Å². The Labute approximate surface area is 134 Å². The van der Waals surface area contributed by atoms with Gasteiger partial charge in [0.2, 0.25) is 18.1 Å². The number of aryl methyl sites for hydroxylation is 1. The summed E-state index contributed by atoms with van der Waals surface area (Å²) in [6.07, 6.45) is 1.26. The average molecular weight is 317 g/mol. The van der Waals surface area contributed by atoms with Crippen LogP contribution in [0.2, 0.25) is 0 Å². The lowest BCUT2D eigenvalue weighted by Crippen LogP contribution is -2.43. The van der Waals surface area contributed by atoms with Gasteiger partial charge in [-0.15, -0.1) is 0 Å². The molecule has 2 aromatic rings. The van der Waals surface area contributed by atoms with Crippen LogP contribution in [0.3, 0.4) is 0 Å². The zero-order valence-corrected chi connectivity index (χ0v) is 13.2. The summed E-state index contributed by atoms with van der Waals surface area (Å²) >= 11 is 0. The first-order valence-electron chi connectivity index (χ1n) is 7.46. The molecule has 7 nitrogen and oxygen atoms in total. The van der Waals surface area contributed by atoms with Gasteiger partial charge >= 0.3 is 0 Å². The van der Waals surface area contributed by atoms with Gasteiger partial charge in [0.25, 0.3) is 0 Å². The fourth-order valence-electron chi connectivity index (χ4n) is 2.61. The maximum absolute atomic E-state index is 12.5. The van der Waals surface area contributed by atoms with Gasteiger partial charge in [-0.3, -0.25) is 4.79 Å². The van der Waals surface area contributed by atoms with Crippen molar-refractivity contribution in [1.29, 1.82) is 0 Å². The van der Waals surface area contributed by atoms with E-state index < -0.39 is 0 Å². The van der Waals surface area contributed by atoms with Crippen LogP contribution in [0.15, 0.2) is 29.1 Å². The molecule has 0 radical (unpaired) electrons. The molecule has 0 unspecified atom stereocenters. The van der Waals surface area contributed by atoms with Gasteiger partial charge in [-0.25, -0.2) is 0 Å². The first-order valence-corrected chi connectivity index (χ1v) is 7.46. The number of carbonyl (C=O) groups is 1. The van der Waals surface area contributed by atoms with E-state index in [9.17, 15) is 4.79 Å². The summed E-state index contributed by atoms with van der Waals surface area (Å²) in [5.41, 5.74) is 1.98. The molecule has 2 heterocycles. The lowest BCUT2D eigenvalue weighted by Gasteiger charge is -2.31. The van der Waals surface area contributed by atoms with E-state index in [-0.39, 0.29) is 12.0 Å². The van der Waals surface area contributed by atoms with Crippen LogP contribution in [0.4, 0.5) is 0 Å². The fourth-order valence-corrected chi connectivity index (χ4v) is 2.61. The van der Waals surface area contributed by atoms with Crippen LogP contribution in [0.5, 0.6) is 5.75 Å². The van der Waals surface area contributed by atoms with Crippen LogP contribution in [0.25, 0.3) is 0 Å². The molecule has 1 saturated heterocycles. The van der Waals surface area contributed by atoms with Crippen LogP contribution in [0.1, 0.15) is 23.1 Å². The molecule has 1 aromatic heterocycles. The molecule has 1 aliphatic rings. The number of hydrogen-bond donors (Lipinski definition) is 0. The molecule has 0 saturated carbocycles. The van der Waals surface area contributed by atoms with Crippen LogP contribution >= 0.6 is 0 Å². The summed E-state index contributed by atoms with van der Waals surface area (Å²) in [4.78, 5) is 18.3. The van der Waals surface area contributed by atoms with Gasteiger partial charge in [-0.05, 0) is 24.1 Å². The van der Waals surface area contributed by atoms with Crippen molar-refractivity contribution in [3.8, 4) is 5.75 Å².